The quantitative estimate of drug-likeness (QED) is 0.909. The number of carbonyl (C=O) groups excluding carboxylic acids is 1. The summed E-state index contributed by atoms with van der Waals surface area (Å²) in [6, 6.07) is 11.8. The molecule has 5 heteroatoms. The van der Waals surface area contributed by atoms with Crippen molar-refractivity contribution in [1.82, 2.24) is 10.2 Å². The molecule has 3 heterocycles. The predicted molar refractivity (Wildman–Crippen MR) is 94.7 cm³/mol. The Morgan fingerprint density at radius 3 is 2.88 bits per heavy atom. The van der Waals surface area contributed by atoms with Gasteiger partial charge in [-0.05, 0) is 56.1 Å². The molecule has 1 fully saturated rings. The van der Waals surface area contributed by atoms with Crippen LogP contribution in [0.4, 0.5) is 0 Å². The molecule has 1 saturated heterocycles. The number of hydrogen-bond donors (Lipinski definition) is 1. The molecular weight excluding hydrogens is 316 g/mol. The summed E-state index contributed by atoms with van der Waals surface area (Å²) in [4.78, 5) is 14.7. The van der Waals surface area contributed by atoms with Crippen LogP contribution in [-0.4, -0.2) is 37.0 Å². The highest BCUT2D eigenvalue weighted by Crippen LogP contribution is 2.26. The topological polar surface area (TPSA) is 54.7 Å². The normalized spacial score (nSPS) is 20.1. The number of hydrogen-bond acceptors (Lipinski definition) is 4. The maximum atomic E-state index is 12.3. The molecule has 2 aromatic rings. The van der Waals surface area contributed by atoms with Crippen molar-refractivity contribution in [3.8, 4) is 5.75 Å². The molecule has 25 heavy (non-hydrogen) atoms. The zero-order valence-electron chi connectivity index (χ0n) is 14.4. The number of furan rings is 1. The van der Waals surface area contributed by atoms with E-state index in [2.05, 4.69) is 16.3 Å². The Hall–Kier alpha value is -2.27. The van der Waals surface area contributed by atoms with Gasteiger partial charge in [0.15, 0.2) is 5.76 Å². The predicted octanol–water partition coefficient (Wildman–Crippen LogP) is 2.86. The molecule has 1 aromatic heterocycles. The van der Waals surface area contributed by atoms with Crippen LogP contribution in [0.15, 0.2) is 40.8 Å². The van der Waals surface area contributed by atoms with Gasteiger partial charge in [0.2, 0.25) is 0 Å². The molecule has 2 aliphatic heterocycles. The van der Waals surface area contributed by atoms with Gasteiger partial charge in [0, 0.05) is 12.5 Å². The number of nitrogens with zero attached hydrogens (tertiary/aromatic N) is 1. The van der Waals surface area contributed by atoms with Gasteiger partial charge in [-0.3, -0.25) is 9.69 Å². The van der Waals surface area contributed by atoms with E-state index in [1.807, 2.05) is 24.3 Å². The molecule has 0 aliphatic carbocycles. The first-order valence-corrected chi connectivity index (χ1v) is 9.08. The number of rotatable bonds is 5. The second-order valence-electron chi connectivity index (χ2n) is 6.95. The highest BCUT2D eigenvalue weighted by atomic mass is 16.5. The van der Waals surface area contributed by atoms with Gasteiger partial charge in [-0.2, -0.15) is 0 Å². The summed E-state index contributed by atoms with van der Waals surface area (Å²) < 4.78 is 11.5. The van der Waals surface area contributed by atoms with E-state index in [9.17, 15) is 4.79 Å². The maximum Gasteiger partial charge on any atom is 0.287 e. The summed E-state index contributed by atoms with van der Waals surface area (Å²) in [5.41, 5.74) is 1.21. The van der Waals surface area contributed by atoms with Gasteiger partial charge in [0.25, 0.3) is 5.91 Å². The molecule has 0 spiro atoms. The lowest BCUT2D eigenvalue weighted by atomic mass is 9.97. The summed E-state index contributed by atoms with van der Waals surface area (Å²) in [6.07, 6.45) is 3.43. The van der Waals surface area contributed by atoms with Gasteiger partial charge < -0.3 is 14.5 Å². The first kappa shape index (κ1) is 16.2. The average molecular weight is 340 g/mol. The van der Waals surface area contributed by atoms with Crippen LogP contribution in [0.5, 0.6) is 5.75 Å². The van der Waals surface area contributed by atoms with E-state index in [-0.39, 0.29) is 11.8 Å². The summed E-state index contributed by atoms with van der Waals surface area (Å²) in [7, 11) is 0. The third-order valence-electron chi connectivity index (χ3n) is 4.97. The lowest BCUT2D eigenvalue weighted by Gasteiger charge is -2.25. The van der Waals surface area contributed by atoms with Gasteiger partial charge in [-0.15, -0.1) is 0 Å². The van der Waals surface area contributed by atoms with Gasteiger partial charge in [0.05, 0.1) is 13.2 Å². The van der Waals surface area contributed by atoms with E-state index < -0.39 is 0 Å². The van der Waals surface area contributed by atoms with Crippen molar-refractivity contribution in [2.24, 2.45) is 5.92 Å². The fourth-order valence-electron chi connectivity index (χ4n) is 3.59. The van der Waals surface area contributed by atoms with Crippen molar-refractivity contribution in [2.45, 2.75) is 25.8 Å². The molecule has 1 amide bonds. The summed E-state index contributed by atoms with van der Waals surface area (Å²) in [6.45, 7) is 4.25. The number of likely N-dealkylation sites (tertiary alicyclic amines) is 1. The van der Waals surface area contributed by atoms with Crippen molar-refractivity contribution in [2.75, 3.05) is 26.2 Å². The van der Waals surface area contributed by atoms with Crippen molar-refractivity contribution in [1.29, 1.82) is 0 Å². The van der Waals surface area contributed by atoms with E-state index in [4.69, 9.17) is 9.15 Å². The Bertz CT molecular complexity index is 734. The minimum Gasteiger partial charge on any atom is -0.493 e. The lowest BCUT2D eigenvalue weighted by molar-refractivity contribution is 0.0908. The van der Waals surface area contributed by atoms with E-state index in [0.29, 0.717) is 18.9 Å². The number of amides is 1. The maximum absolute atomic E-state index is 12.3. The molecule has 0 saturated carbocycles. The van der Waals surface area contributed by atoms with Crippen molar-refractivity contribution >= 4 is 5.91 Å². The molecule has 132 valence electrons. The van der Waals surface area contributed by atoms with Crippen molar-refractivity contribution < 1.29 is 13.9 Å². The summed E-state index contributed by atoms with van der Waals surface area (Å²) in [5.74, 6) is 2.36. The zero-order valence-corrected chi connectivity index (χ0v) is 14.4. The van der Waals surface area contributed by atoms with Crippen LogP contribution >= 0.6 is 0 Å². The number of carbonyl (C=O) groups is 1. The van der Waals surface area contributed by atoms with Crippen LogP contribution in [0, 0.1) is 5.92 Å². The molecule has 1 N–H and O–H groups in total. The molecule has 2 aliphatic rings. The third kappa shape index (κ3) is 3.87. The Balaban J connectivity index is 1.28. The van der Waals surface area contributed by atoms with Crippen LogP contribution < -0.4 is 10.1 Å². The van der Waals surface area contributed by atoms with Crippen LogP contribution in [0.3, 0.4) is 0 Å². The van der Waals surface area contributed by atoms with E-state index >= 15 is 0 Å². The molecule has 1 aromatic carbocycles. The SMILES string of the molecule is O=C(NC[C@@H]1COc2ccccc2C1)c1ccc(CN2CCCC2)o1. The molecule has 1 atom stereocenters. The lowest BCUT2D eigenvalue weighted by Crippen LogP contribution is -2.34. The molecule has 0 radical (unpaired) electrons. The average Bonchev–Trinajstić information content (AvgIpc) is 3.32. The molecule has 4 rings (SSSR count). The highest BCUT2D eigenvalue weighted by molar-refractivity contribution is 5.91. The van der Waals surface area contributed by atoms with Crippen molar-refractivity contribution in [3.63, 3.8) is 0 Å². The minimum absolute atomic E-state index is 0.147. The molecule has 5 nitrogen and oxygen atoms in total. The molecular formula is C20H24N2O3. The zero-order chi connectivity index (χ0) is 17.1. The standard InChI is InChI=1S/C20H24N2O3/c23-20(19-8-7-17(25-19)13-22-9-3-4-10-22)21-12-15-11-16-5-1-2-6-18(16)24-14-15/h1-2,5-8,15H,3-4,9-14H2,(H,21,23)/t15-/m1/s1. The molecule has 0 unspecified atom stereocenters. The number of fused-ring (bicyclic) bond motifs is 1. The van der Waals surface area contributed by atoms with Crippen LogP contribution in [0.1, 0.15) is 34.7 Å². The third-order valence-corrected chi connectivity index (χ3v) is 4.97. The smallest absolute Gasteiger partial charge is 0.287 e. The Morgan fingerprint density at radius 1 is 1.16 bits per heavy atom. The number of para-hydroxylation sites is 1. The monoisotopic (exact) mass is 340 g/mol. The fraction of sp³-hybridized carbons (Fsp3) is 0.450. The van der Waals surface area contributed by atoms with Gasteiger partial charge in [0.1, 0.15) is 11.5 Å². The second-order valence-corrected chi connectivity index (χ2v) is 6.95. The Labute approximate surface area is 148 Å². The van der Waals surface area contributed by atoms with Gasteiger partial charge in [-0.25, -0.2) is 0 Å². The Kier molecular flexibility index (Phi) is 4.74. The van der Waals surface area contributed by atoms with E-state index in [1.165, 1.54) is 18.4 Å². The Morgan fingerprint density at radius 2 is 2.00 bits per heavy atom. The first-order chi connectivity index (χ1) is 12.3. The fourth-order valence-corrected chi connectivity index (χ4v) is 3.59. The van der Waals surface area contributed by atoms with Crippen LogP contribution in [-0.2, 0) is 13.0 Å². The van der Waals surface area contributed by atoms with Crippen LogP contribution in [0.2, 0.25) is 0 Å². The first-order valence-electron chi connectivity index (χ1n) is 9.08. The van der Waals surface area contributed by atoms with Crippen LogP contribution in [0.25, 0.3) is 0 Å². The largest absolute Gasteiger partial charge is 0.493 e. The molecule has 0 bridgehead atoms. The van der Waals surface area contributed by atoms with Gasteiger partial charge in [-0.1, -0.05) is 18.2 Å². The summed E-state index contributed by atoms with van der Waals surface area (Å²) in [5, 5.41) is 2.98. The number of nitrogens with one attached hydrogen (secondary N) is 1. The number of benzene rings is 1. The van der Waals surface area contributed by atoms with E-state index in [1.54, 1.807) is 6.07 Å². The van der Waals surface area contributed by atoms with Gasteiger partial charge >= 0.3 is 0 Å². The summed E-state index contributed by atoms with van der Waals surface area (Å²) >= 11 is 0. The van der Waals surface area contributed by atoms with E-state index in [0.717, 1.165) is 37.6 Å². The highest BCUT2D eigenvalue weighted by Gasteiger charge is 2.21. The minimum atomic E-state index is -0.147. The van der Waals surface area contributed by atoms with Crippen molar-refractivity contribution in [3.05, 3.63) is 53.5 Å². The second kappa shape index (κ2) is 7.31. The number of ether oxygens (including phenoxy) is 1.